The molecule has 0 aromatic heterocycles. The van der Waals surface area contributed by atoms with Gasteiger partial charge in [-0.3, -0.25) is 9.69 Å². The van der Waals surface area contributed by atoms with E-state index in [1.165, 1.54) is 37.5 Å². The van der Waals surface area contributed by atoms with Crippen LogP contribution in [-0.4, -0.2) is 38.9 Å². The maximum Gasteiger partial charge on any atom is 0.416 e. The van der Waals surface area contributed by atoms with Crippen molar-refractivity contribution in [3.63, 3.8) is 0 Å². The number of rotatable bonds is 9. The van der Waals surface area contributed by atoms with Gasteiger partial charge in [0.25, 0.3) is 0 Å². The normalized spacial score (nSPS) is 18.4. The fourth-order valence-electron chi connectivity index (χ4n) is 5.54. The Morgan fingerprint density at radius 3 is 2.51 bits per heavy atom. The van der Waals surface area contributed by atoms with Crippen molar-refractivity contribution in [2.45, 2.75) is 61.8 Å². The predicted octanol–water partition coefficient (Wildman–Crippen LogP) is 5.88. The van der Waals surface area contributed by atoms with Crippen LogP contribution in [0, 0.1) is 5.82 Å². The summed E-state index contributed by atoms with van der Waals surface area (Å²) >= 11 is 0. The number of fused-ring (bicyclic) bond motifs is 1. The second-order valence-corrected chi connectivity index (χ2v) is 12.6. The molecule has 2 aliphatic heterocycles. The largest absolute Gasteiger partial charge is 0.493 e. The van der Waals surface area contributed by atoms with Crippen LogP contribution in [0.5, 0.6) is 5.75 Å². The number of hydrogen-bond acceptors (Lipinski definition) is 5. The molecule has 1 saturated heterocycles. The van der Waals surface area contributed by atoms with E-state index in [0.29, 0.717) is 24.8 Å². The molecule has 230 valence electrons. The maximum atomic E-state index is 14.1. The van der Waals surface area contributed by atoms with Crippen LogP contribution in [0.1, 0.15) is 66.4 Å². The number of halogens is 4. The maximum absolute atomic E-state index is 14.1. The van der Waals surface area contributed by atoms with Crippen molar-refractivity contribution in [3.05, 3.63) is 94.8 Å². The lowest BCUT2D eigenvalue weighted by molar-refractivity contribution is -0.137. The zero-order valence-corrected chi connectivity index (χ0v) is 24.2. The minimum Gasteiger partial charge on any atom is -0.493 e. The van der Waals surface area contributed by atoms with Crippen LogP contribution in [0.3, 0.4) is 0 Å². The lowest BCUT2D eigenvalue weighted by Crippen LogP contribution is -2.36. The second-order valence-electron chi connectivity index (χ2n) is 10.9. The third kappa shape index (κ3) is 7.92. The van der Waals surface area contributed by atoms with Crippen molar-refractivity contribution in [2.24, 2.45) is 0 Å². The molecule has 0 spiro atoms. The van der Waals surface area contributed by atoms with Crippen LogP contribution >= 0.6 is 0 Å². The summed E-state index contributed by atoms with van der Waals surface area (Å²) in [4.78, 5) is 15.1. The highest BCUT2D eigenvalue weighted by Crippen LogP contribution is 2.34. The van der Waals surface area contributed by atoms with Gasteiger partial charge in [0.05, 0.1) is 29.1 Å². The number of carbonyl (C=O) groups is 1. The van der Waals surface area contributed by atoms with Gasteiger partial charge in [0.15, 0.2) is 0 Å². The number of piperidine rings is 1. The molecule has 0 saturated carbocycles. The highest BCUT2D eigenvalue weighted by molar-refractivity contribution is 7.89. The number of amides is 1. The van der Waals surface area contributed by atoms with E-state index in [1.54, 1.807) is 0 Å². The summed E-state index contributed by atoms with van der Waals surface area (Å²) in [5.74, 6) is -0.492. The average Bonchev–Trinajstić information content (AvgIpc) is 2.97. The molecule has 2 aliphatic rings. The first kappa shape index (κ1) is 31.0. The van der Waals surface area contributed by atoms with Gasteiger partial charge in [-0.05, 0) is 73.5 Å². The molecule has 7 nitrogen and oxygen atoms in total. The Labute approximate surface area is 248 Å². The lowest BCUT2D eigenvalue weighted by atomic mass is 9.97. The minimum absolute atomic E-state index is 0.153. The highest BCUT2D eigenvalue weighted by atomic mass is 32.2. The van der Waals surface area contributed by atoms with Gasteiger partial charge < -0.3 is 10.1 Å². The molecule has 2 atom stereocenters. The minimum atomic E-state index is -4.75. The number of nitrogens with one attached hydrogen (secondary N) is 2. The first-order valence-corrected chi connectivity index (χ1v) is 15.7. The zero-order valence-electron chi connectivity index (χ0n) is 23.4. The lowest BCUT2D eigenvalue weighted by Gasteiger charge is -2.29. The number of benzene rings is 3. The van der Waals surface area contributed by atoms with Crippen LogP contribution in [0.2, 0.25) is 0 Å². The number of carbonyl (C=O) groups excluding carboxylic acids is 1. The Balaban J connectivity index is 1.32. The number of nitrogens with zero attached hydrogens (tertiary/aromatic N) is 1. The van der Waals surface area contributed by atoms with Crippen molar-refractivity contribution in [1.82, 2.24) is 14.9 Å². The number of likely N-dealkylation sites (tertiary alicyclic amines) is 1. The van der Waals surface area contributed by atoms with Crippen LogP contribution in [0.15, 0.2) is 71.6 Å². The molecule has 2 heterocycles. The number of alkyl halides is 3. The van der Waals surface area contributed by atoms with Gasteiger partial charge in [-0.1, -0.05) is 36.8 Å². The average molecular weight is 620 g/mol. The first-order chi connectivity index (χ1) is 20.5. The molecule has 3 aromatic rings. The molecule has 0 aliphatic carbocycles. The van der Waals surface area contributed by atoms with E-state index in [1.807, 2.05) is 18.2 Å². The zero-order chi connectivity index (χ0) is 30.6. The summed E-state index contributed by atoms with van der Waals surface area (Å²) in [5.41, 5.74) is 0.935. The number of hydrogen-bond donors (Lipinski definition) is 2. The molecule has 0 radical (unpaired) electrons. The molecule has 2 unspecified atom stereocenters. The molecular formula is C31H33F4N3O4S. The quantitative estimate of drug-likeness (QED) is 0.292. The number of ether oxygens (including phenoxy) is 1. The van der Waals surface area contributed by atoms with Crippen molar-refractivity contribution in [1.29, 1.82) is 0 Å². The fourth-order valence-corrected chi connectivity index (χ4v) is 6.81. The summed E-state index contributed by atoms with van der Waals surface area (Å²) in [6, 6.07) is 12.6. The monoisotopic (exact) mass is 619 g/mol. The van der Waals surface area contributed by atoms with Gasteiger partial charge in [-0.2, -0.15) is 13.2 Å². The van der Waals surface area contributed by atoms with Gasteiger partial charge in [0, 0.05) is 24.9 Å². The van der Waals surface area contributed by atoms with E-state index in [4.69, 9.17) is 4.74 Å². The molecule has 12 heteroatoms. The van der Waals surface area contributed by atoms with E-state index in [2.05, 4.69) is 14.9 Å². The van der Waals surface area contributed by atoms with Gasteiger partial charge >= 0.3 is 6.18 Å². The SMILES string of the molecule is O=C(CC(NS(=O)(=O)c1cccc(C(F)(F)F)c1)c1cccc(F)c1)NC1CCOc2cc(CN3CCCCC3)ccc21. The molecule has 43 heavy (non-hydrogen) atoms. The van der Waals surface area contributed by atoms with Gasteiger partial charge in [-0.25, -0.2) is 17.5 Å². The molecular weight excluding hydrogens is 586 g/mol. The smallest absolute Gasteiger partial charge is 0.416 e. The van der Waals surface area contributed by atoms with Gasteiger partial charge in [-0.15, -0.1) is 0 Å². The van der Waals surface area contributed by atoms with E-state index in [0.717, 1.165) is 55.0 Å². The Morgan fingerprint density at radius 1 is 1.00 bits per heavy atom. The molecule has 3 aromatic carbocycles. The first-order valence-electron chi connectivity index (χ1n) is 14.2. The fraction of sp³-hybridized carbons (Fsp3) is 0.387. The van der Waals surface area contributed by atoms with Crippen molar-refractivity contribution in [3.8, 4) is 5.75 Å². The summed E-state index contributed by atoms with van der Waals surface area (Å²) < 4.78 is 88.3. The van der Waals surface area contributed by atoms with Crippen LogP contribution in [0.25, 0.3) is 0 Å². The predicted molar refractivity (Wildman–Crippen MR) is 152 cm³/mol. The summed E-state index contributed by atoms with van der Waals surface area (Å²) in [5, 5.41) is 2.94. The third-order valence-electron chi connectivity index (χ3n) is 7.72. The molecule has 0 bridgehead atoms. The standard InChI is InChI=1S/C31H33F4N3O4S/c32-24-8-4-6-22(17-24)28(37-43(40,41)25-9-5-7-23(18-25)31(33,34)35)19-30(39)36-27-12-15-42-29-16-21(10-11-26(27)29)20-38-13-2-1-3-14-38/h4-11,16-18,27-28,37H,1-3,12-15,19-20H2,(H,36,39). The summed E-state index contributed by atoms with van der Waals surface area (Å²) in [6.07, 6.45) is -1.06. The number of sulfonamides is 1. The van der Waals surface area contributed by atoms with Crippen molar-refractivity contribution < 1.29 is 35.5 Å². The van der Waals surface area contributed by atoms with Crippen LogP contribution < -0.4 is 14.8 Å². The van der Waals surface area contributed by atoms with E-state index in [-0.39, 0.29) is 5.56 Å². The molecule has 1 fully saturated rings. The summed E-state index contributed by atoms with van der Waals surface area (Å²) in [7, 11) is -4.52. The third-order valence-corrected chi connectivity index (χ3v) is 9.19. The van der Waals surface area contributed by atoms with Crippen LogP contribution in [-0.2, 0) is 27.5 Å². The molecule has 5 rings (SSSR count). The van der Waals surface area contributed by atoms with E-state index < -0.39 is 56.9 Å². The topological polar surface area (TPSA) is 87.7 Å². The van der Waals surface area contributed by atoms with Crippen LogP contribution in [0.4, 0.5) is 17.6 Å². The van der Waals surface area contributed by atoms with E-state index >= 15 is 0 Å². The second kappa shape index (κ2) is 13.0. The van der Waals surface area contributed by atoms with Crippen molar-refractivity contribution >= 4 is 15.9 Å². The highest BCUT2D eigenvalue weighted by Gasteiger charge is 2.33. The van der Waals surface area contributed by atoms with E-state index in [9.17, 15) is 30.8 Å². The molecule has 2 N–H and O–H groups in total. The van der Waals surface area contributed by atoms with Gasteiger partial charge in [0.1, 0.15) is 11.6 Å². The Bertz CT molecular complexity index is 1560. The van der Waals surface area contributed by atoms with Crippen molar-refractivity contribution in [2.75, 3.05) is 19.7 Å². The summed E-state index contributed by atoms with van der Waals surface area (Å²) in [6.45, 7) is 3.30. The Hall–Kier alpha value is -3.48. The van der Waals surface area contributed by atoms with Gasteiger partial charge in [0.2, 0.25) is 15.9 Å². The Morgan fingerprint density at radius 2 is 1.77 bits per heavy atom. The Kier molecular flexibility index (Phi) is 9.38. The molecule has 1 amide bonds.